The molecule has 0 N–H and O–H groups in total. The van der Waals surface area contributed by atoms with E-state index in [9.17, 15) is 9.59 Å². The molecule has 4 rings (SSSR count). The summed E-state index contributed by atoms with van der Waals surface area (Å²) in [6, 6.07) is 14.4. The molecule has 0 unspecified atom stereocenters. The molecule has 0 saturated carbocycles. The van der Waals surface area contributed by atoms with Crippen LogP contribution in [0.3, 0.4) is 0 Å². The van der Waals surface area contributed by atoms with Crippen LogP contribution >= 0.6 is 0 Å². The molecule has 4 aromatic carbocycles. The summed E-state index contributed by atoms with van der Waals surface area (Å²) in [5.41, 5.74) is 0.0322. The molecule has 0 aromatic heterocycles. The van der Waals surface area contributed by atoms with E-state index in [1.54, 1.807) is 24.3 Å². The molecule has 0 saturated heterocycles. The fourth-order valence-corrected chi connectivity index (χ4v) is 2.82. The second-order valence-electron chi connectivity index (χ2n) is 4.50. The van der Waals surface area contributed by atoms with Crippen molar-refractivity contribution in [2.45, 2.75) is 0 Å². The summed E-state index contributed by atoms with van der Waals surface area (Å²) in [7, 11) is 0. The Morgan fingerprint density at radius 3 is 1.06 bits per heavy atom. The molecule has 0 amide bonds. The largest absolute Gasteiger partial charge is 0.289 e. The Hall–Kier alpha value is -2.48. The lowest BCUT2D eigenvalue weighted by Crippen LogP contribution is -1.96. The molecule has 84 valence electrons. The summed E-state index contributed by atoms with van der Waals surface area (Å²) in [5, 5.41) is 4.20. The lowest BCUT2D eigenvalue weighted by molar-refractivity contribution is 1.82. The van der Waals surface area contributed by atoms with Gasteiger partial charge in [-0.05, 0) is 0 Å². The van der Waals surface area contributed by atoms with Gasteiger partial charge in [0.25, 0.3) is 0 Å². The van der Waals surface area contributed by atoms with Crippen LogP contribution in [-0.4, -0.2) is 0 Å². The number of rotatable bonds is 0. The van der Waals surface area contributed by atoms with Gasteiger partial charge >= 0.3 is 0 Å². The van der Waals surface area contributed by atoms with Gasteiger partial charge in [0.2, 0.25) is 0 Å². The van der Waals surface area contributed by atoms with Crippen molar-refractivity contribution in [3.8, 4) is 0 Å². The van der Waals surface area contributed by atoms with Crippen LogP contribution < -0.4 is 10.9 Å². The molecule has 0 aliphatic rings. The predicted octanol–water partition coefficient (Wildman–Crippen LogP) is 2.74. The van der Waals surface area contributed by atoms with Gasteiger partial charge in [-0.25, -0.2) is 0 Å². The summed E-state index contributed by atoms with van der Waals surface area (Å²) in [4.78, 5) is 24.7. The second-order valence-corrected chi connectivity index (χ2v) is 4.50. The average molecular weight is 232 g/mol. The molecule has 0 atom stereocenters. The molecule has 0 fully saturated rings. The van der Waals surface area contributed by atoms with Crippen molar-refractivity contribution in [2.75, 3.05) is 0 Å². The third-order valence-electron chi connectivity index (χ3n) is 3.58. The first-order chi connectivity index (χ1) is 8.79. The predicted molar refractivity (Wildman–Crippen MR) is 73.9 cm³/mol. The van der Waals surface area contributed by atoms with Gasteiger partial charge in [0.05, 0.1) is 0 Å². The van der Waals surface area contributed by atoms with Crippen LogP contribution in [0.4, 0.5) is 0 Å². The van der Waals surface area contributed by atoms with E-state index < -0.39 is 0 Å². The minimum absolute atomic E-state index is 0.0161. The number of hydrogen-bond acceptors (Lipinski definition) is 2. The topological polar surface area (TPSA) is 34.1 Å². The van der Waals surface area contributed by atoms with E-state index in [0.717, 1.165) is 10.8 Å². The Balaban J connectivity index is 2.66. The van der Waals surface area contributed by atoms with Gasteiger partial charge in [-0.2, -0.15) is 0 Å². The van der Waals surface area contributed by atoms with E-state index in [4.69, 9.17) is 0 Å². The minimum Gasteiger partial charge on any atom is -0.289 e. The first-order valence-electron chi connectivity index (χ1n) is 5.81. The maximum absolute atomic E-state index is 12.3. The van der Waals surface area contributed by atoms with Crippen LogP contribution in [0.25, 0.3) is 32.3 Å². The zero-order valence-corrected chi connectivity index (χ0v) is 9.44. The molecule has 0 aliphatic carbocycles. The molecule has 2 nitrogen and oxygen atoms in total. The van der Waals surface area contributed by atoms with E-state index in [1.165, 1.54) is 0 Å². The van der Waals surface area contributed by atoms with Crippen molar-refractivity contribution < 1.29 is 0 Å². The average Bonchev–Trinajstić information content (AvgIpc) is 2.68. The molecule has 0 radical (unpaired) electrons. The van der Waals surface area contributed by atoms with Gasteiger partial charge in [-0.1, -0.05) is 48.5 Å². The fraction of sp³-hybridized carbons (Fsp3) is 0. The van der Waals surface area contributed by atoms with Crippen LogP contribution in [0.5, 0.6) is 0 Å². The first-order valence-corrected chi connectivity index (χ1v) is 5.81. The fourth-order valence-electron chi connectivity index (χ4n) is 2.82. The van der Waals surface area contributed by atoms with Crippen molar-refractivity contribution in [1.29, 1.82) is 0 Å². The quantitative estimate of drug-likeness (QED) is 0.467. The normalized spacial score (nSPS) is 11.8. The van der Waals surface area contributed by atoms with Gasteiger partial charge in [0, 0.05) is 32.3 Å². The van der Waals surface area contributed by atoms with E-state index in [1.807, 2.05) is 24.3 Å². The van der Waals surface area contributed by atoms with Crippen molar-refractivity contribution in [2.24, 2.45) is 0 Å². The van der Waals surface area contributed by atoms with Gasteiger partial charge in [0.15, 0.2) is 10.9 Å². The molecular weight excluding hydrogens is 224 g/mol. The van der Waals surface area contributed by atoms with Crippen LogP contribution in [-0.2, 0) is 0 Å². The monoisotopic (exact) mass is 232 g/mol. The summed E-state index contributed by atoms with van der Waals surface area (Å²) < 4.78 is 0. The van der Waals surface area contributed by atoms with Crippen molar-refractivity contribution in [1.82, 2.24) is 0 Å². The van der Waals surface area contributed by atoms with Crippen LogP contribution in [0.1, 0.15) is 0 Å². The molecule has 2 heteroatoms. The molecule has 4 aromatic rings. The summed E-state index contributed by atoms with van der Waals surface area (Å²) in [6.07, 6.45) is 0. The molecule has 0 heterocycles. The van der Waals surface area contributed by atoms with Crippen LogP contribution in [0.15, 0.2) is 58.1 Å². The van der Waals surface area contributed by atoms with Gasteiger partial charge in [-0.15, -0.1) is 0 Å². The lowest BCUT2D eigenvalue weighted by Gasteiger charge is -1.79. The third-order valence-corrected chi connectivity index (χ3v) is 3.58. The number of hydrogen-bond donors (Lipinski definition) is 0. The molecule has 0 spiro atoms. The summed E-state index contributed by atoms with van der Waals surface area (Å²) in [6.45, 7) is 0. The maximum atomic E-state index is 12.3. The Kier molecular flexibility index (Phi) is 1.61. The highest BCUT2D eigenvalue weighted by Gasteiger charge is 2.17. The minimum atomic E-state index is 0.0161. The van der Waals surface area contributed by atoms with E-state index in [-0.39, 0.29) is 10.9 Å². The molecule has 0 bridgehead atoms. The second kappa shape index (κ2) is 3.05. The standard InChI is InChI=1S/C16H8O2/c17-15-9-5-1-2-6-10-13(9)14-11(15)7-3-4-8-12(14)16(10)18/h1-8H. The van der Waals surface area contributed by atoms with Crippen molar-refractivity contribution in [3.05, 3.63) is 69.0 Å². The smallest absolute Gasteiger partial charge is 0.194 e. The molecular formula is C16H8O2. The molecule has 18 heavy (non-hydrogen) atoms. The highest BCUT2D eigenvalue weighted by molar-refractivity contribution is 6.27. The van der Waals surface area contributed by atoms with Gasteiger partial charge in [0.1, 0.15) is 0 Å². The zero-order valence-electron chi connectivity index (χ0n) is 9.44. The first kappa shape index (κ1) is 9.54. The maximum Gasteiger partial charge on any atom is 0.194 e. The van der Waals surface area contributed by atoms with E-state index >= 15 is 0 Å². The zero-order chi connectivity index (χ0) is 12.3. The third kappa shape index (κ3) is 0.938. The van der Waals surface area contributed by atoms with Gasteiger partial charge in [-0.3, -0.25) is 9.59 Å². The Bertz CT molecular complexity index is 847. The highest BCUT2D eigenvalue weighted by atomic mass is 16.1. The van der Waals surface area contributed by atoms with Crippen molar-refractivity contribution >= 4 is 32.3 Å². The SMILES string of the molecule is O=c1c2ccccc3c(=O)c4ccccc1c4c23. The molecule has 0 aliphatic heterocycles. The Morgan fingerprint density at radius 2 is 0.778 bits per heavy atom. The van der Waals surface area contributed by atoms with Crippen LogP contribution in [0.2, 0.25) is 0 Å². The Labute approximate surface area is 102 Å². The van der Waals surface area contributed by atoms with E-state index in [0.29, 0.717) is 21.5 Å². The Morgan fingerprint density at radius 1 is 0.500 bits per heavy atom. The highest BCUT2D eigenvalue weighted by Crippen LogP contribution is 2.30. The lowest BCUT2D eigenvalue weighted by atomic mass is 10.2. The van der Waals surface area contributed by atoms with E-state index in [2.05, 4.69) is 0 Å². The van der Waals surface area contributed by atoms with Crippen LogP contribution in [0, 0.1) is 0 Å². The summed E-state index contributed by atoms with van der Waals surface area (Å²) >= 11 is 0. The van der Waals surface area contributed by atoms with Crippen molar-refractivity contribution in [3.63, 3.8) is 0 Å². The van der Waals surface area contributed by atoms with Gasteiger partial charge < -0.3 is 0 Å². The summed E-state index contributed by atoms with van der Waals surface area (Å²) in [5.74, 6) is 0.